The minimum absolute atomic E-state index is 0.0385. The first-order chi connectivity index (χ1) is 17.6. The van der Waals surface area contributed by atoms with Gasteiger partial charge in [-0.05, 0) is 55.4 Å². The van der Waals surface area contributed by atoms with Crippen molar-refractivity contribution in [1.29, 1.82) is 0 Å². The minimum atomic E-state index is -4.43. The number of amides is 3. The number of alkyl halides is 3. The number of carbonyl (C=O) groups is 2. The molecule has 3 amide bonds. The zero-order valence-electron chi connectivity index (χ0n) is 21.1. The topological polar surface area (TPSA) is 97.1 Å². The van der Waals surface area contributed by atoms with Gasteiger partial charge in [0.05, 0.1) is 24.2 Å². The summed E-state index contributed by atoms with van der Waals surface area (Å²) in [7, 11) is 1.68. The lowest BCUT2D eigenvalue weighted by Gasteiger charge is -2.37. The number of ether oxygens (including phenoxy) is 2. The summed E-state index contributed by atoms with van der Waals surface area (Å²) in [5.74, 6) is -0.541. The lowest BCUT2D eigenvalue weighted by molar-refractivity contribution is -0.139. The number of fused-ring (bicyclic) bond motifs is 1. The molecule has 3 fully saturated rings. The van der Waals surface area contributed by atoms with E-state index in [0.717, 1.165) is 43.4 Å². The van der Waals surface area contributed by atoms with E-state index in [4.69, 9.17) is 15.2 Å². The zero-order valence-corrected chi connectivity index (χ0v) is 21.1. The van der Waals surface area contributed by atoms with Gasteiger partial charge in [0, 0.05) is 57.4 Å². The molecule has 5 rings (SSSR count). The lowest BCUT2D eigenvalue weighted by atomic mass is 9.75. The summed E-state index contributed by atoms with van der Waals surface area (Å²) in [6.07, 6.45) is -0.768. The molecule has 0 radical (unpaired) electrons. The van der Waals surface area contributed by atoms with E-state index in [2.05, 4.69) is 5.32 Å². The van der Waals surface area contributed by atoms with Gasteiger partial charge >= 0.3 is 12.2 Å². The Morgan fingerprint density at radius 1 is 1.22 bits per heavy atom. The summed E-state index contributed by atoms with van der Waals surface area (Å²) in [5.41, 5.74) is 5.90. The summed E-state index contributed by atoms with van der Waals surface area (Å²) >= 11 is 0. The molecule has 5 atom stereocenters. The van der Waals surface area contributed by atoms with E-state index < -0.39 is 29.1 Å². The summed E-state index contributed by atoms with van der Waals surface area (Å²) in [4.78, 5) is 29.2. The number of rotatable bonds is 4. The molecule has 0 bridgehead atoms. The first kappa shape index (κ1) is 26.2. The van der Waals surface area contributed by atoms with Crippen LogP contribution in [0.25, 0.3) is 0 Å². The maximum Gasteiger partial charge on any atom is 0.416 e. The molecule has 204 valence electrons. The molecule has 4 aliphatic rings. The predicted octanol–water partition coefficient (Wildman–Crippen LogP) is 2.53. The van der Waals surface area contributed by atoms with Gasteiger partial charge in [-0.2, -0.15) is 13.2 Å². The standard InChI is InChI=1S/C26H35F3N4O4/c1-36-22-14-37-9-6-21(22)31-19-4-7-25(11-19)15-33(24(30)35)13-20(25)23(34)32-8-5-16-2-3-18(26(27,28)29)10-17(16)12-32/h2-3,10,19-22,31H,4-9,11-15H2,1H3,(H2,30,35)/t19-,20?,21?,22?,25+/m0/s1. The van der Waals surface area contributed by atoms with Gasteiger partial charge in [-0.15, -0.1) is 0 Å². The van der Waals surface area contributed by atoms with Crippen molar-refractivity contribution < 1.29 is 32.2 Å². The number of benzene rings is 1. The third-order valence-corrected chi connectivity index (χ3v) is 8.82. The number of nitrogens with one attached hydrogen (secondary N) is 1. The highest BCUT2D eigenvalue weighted by Crippen LogP contribution is 2.50. The molecule has 11 heteroatoms. The molecule has 0 aromatic heterocycles. The number of urea groups is 1. The maximum absolute atomic E-state index is 13.9. The van der Waals surface area contributed by atoms with Crippen LogP contribution in [0, 0.1) is 11.3 Å². The number of nitrogens with zero attached hydrogens (tertiary/aromatic N) is 2. The average Bonchev–Trinajstić information content (AvgIpc) is 3.46. The van der Waals surface area contributed by atoms with Crippen LogP contribution >= 0.6 is 0 Å². The highest BCUT2D eigenvalue weighted by atomic mass is 19.4. The number of likely N-dealkylation sites (tertiary alicyclic amines) is 1. The number of halogens is 3. The van der Waals surface area contributed by atoms with E-state index in [1.807, 2.05) is 0 Å². The molecule has 37 heavy (non-hydrogen) atoms. The molecule has 1 aromatic carbocycles. The fraction of sp³-hybridized carbons (Fsp3) is 0.692. The van der Waals surface area contributed by atoms with E-state index in [1.54, 1.807) is 16.9 Å². The van der Waals surface area contributed by atoms with Crippen molar-refractivity contribution in [3.63, 3.8) is 0 Å². The molecule has 1 spiro atoms. The highest BCUT2D eigenvalue weighted by molar-refractivity contribution is 5.83. The van der Waals surface area contributed by atoms with Gasteiger partial charge < -0.3 is 30.3 Å². The van der Waals surface area contributed by atoms with Crippen molar-refractivity contribution in [3.8, 4) is 0 Å². The number of carbonyl (C=O) groups excluding carboxylic acids is 2. The number of hydrogen-bond acceptors (Lipinski definition) is 5. The van der Waals surface area contributed by atoms with Crippen LogP contribution in [-0.2, 0) is 33.4 Å². The van der Waals surface area contributed by atoms with Gasteiger partial charge in [-0.25, -0.2) is 4.79 Å². The monoisotopic (exact) mass is 524 g/mol. The second kappa shape index (κ2) is 10.1. The Hall–Kier alpha value is -2.37. The van der Waals surface area contributed by atoms with Crippen LogP contribution in [-0.4, -0.2) is 79.9 Å². The first-order valence-corrected chi connectivity index (χ1v) is 13.0. The van der Waals surface area contributed by atoms with Crippen molar-refractivity contribution in [2.45, 2.75) is 63.0 Å². The Morgan fingerprint density at radius 2 is 2.03 bits per heavy atom. The first-order valence-electron chi connectivity index (χ1n) is 13.0. The van der Waals surface area contributed by atoms with Crippen LogP contribution in [0.3, 0.4) is 0 Å². The van der Waals surface area contributed by atoms with Crippen LogP contribution in [0.1, 0.15) is 42.4 Å². The molecule has 3 N–H and O–H groups in total. The molecular weight excluding hydrogens is 489 g/mol. The minimum Gasteiger partial charge on any atom is -0.379 e. The Bertz CT molecular complexity index is 1040. The van der Waals surface area contributed by atoms with Crippen LogP contribution in [0.2, 0.25) is 0 Å². The molecule has 1 aliphatic carbocycles. The third kappa shape index (κ3) is 5.18. The van der Waals surface area contributed by atoms with E-state index >= 15 is 0 Å². The molecule has 3 aliphatic heterocycles. The van der Waals surface area contributed by atoms with E-state index in [-0.39, 0.29) is 37.2 Å². The SMILES string of the molecule is COC1COCCC1N[C@H]1CC[C@@]2(C1)CN(C(N)=O)CC2C(=O)N1CCc2ccc(C(F)(F)F)cc2C1. The third-order valence-electron chi connectivity index (χ3n) is 8.82. The van der Waals surface area contributed by atoms with E-state index in [9.17, 15) is 22.8 Å². The Labute approximate surface area is 214 Å². The van der Waals surface area contributed by atoms with Crippen molar-refractivity contribution in [3.05, 3.63) is 34.9 Å². The molecule has 2 saturated heterocycles. The molecule has 3 unspecified atom stereocenters. The molecule has 8 nitrogen and oxygen atoms in total. The Balaban J connectivity index is 1.32. The average molecular weight is 525 g/mol. The van der Waals surface area contributed by atoms with Gasteiger partial charge in [0.1, 0.15) is 0 Å². The lowest BCUT2D eigenvalue weighted by Crippen LogP contribution is -2.51. The van der Waals surface area contributed by atoms with Crippen molar-refractivity contribution in [2.24, 2.45) is 17.1 Å². The summed E-state index contributed by atoms with van der Waals surface area (Å²) in [6, 6.07) is 3.55. The van der Waals surface area contributed by atoms with Crippen molar-refractivity contribution >= 4 is 11.9 Å². The van der Waals surface area contributed by atoms with Crippen molar-refractivity contribution in [1.82, 2.24) is 15.1 Å². The van der Waals surface area contributed by atoms with Gasteiger partial charge in [0.2, 0.25) is 5.91 Å². The van der Waals surface area contributed by atoms with Gasteiger partial charge in [0.15, 0.2) is 0 Å². The second-order valence-electron chi connectivity index (χ2n) is 11.0. The Morgan fingerprint density at radius 3 is 2.76 bits per heavy atom. The molecular formula is C26H35F3N4O4. The predicted molar refractivity (Wildman–Crippen MR) is 128 cm³/mol. The Kier molecular flexibility index (Phi) is 7.14. The van der Waals surface area contributed by atoms with Crippen molar-refractivity contribution in [2.75, 3.05) is 40.0 Å². The number of nitrogens with two attached hydrogens (primary N) is 1. The number of primary amides is 1. The van der Waals surface area contributed by atoms with Crippen LogP contribution in [0.5, 0.6) is 0 Å². The van der Waals surface area contributed by atoms with E-state index in [0.29, 0.717) is 38.3 Å². The summed E-state index contributed by atoms with van der Waals surface area (Å²) in [5, 5.41) is 3.72. The quantitative estimate of drug-likeness (QED) is 0.631. The summed E-state index contributed by atoms with van der Waals surface area (Å²) < 4.78 is 51.0. The van der Waals surface area contributed by atoms with Gasteiger partial charge in [0.25, 0.3) is 0 Å². The second-order valence-corrected chi connectivity index (χ2v) is 11.0. The fourth-order valence-corrected chi connectivity index (χ4v) is 6.82. The highest BCUT2D eigenvalue weighted by Gasteiger charge is 2.55. The largest absolute Gasteiger partial charge is 0.416 e. The number of methoxy groups -OCH3 is 1. The fourth-order valence-electron chi connectivity index (χ4n) is 6.82. The smallest absolute Gasteiger partial charge is 0.379 e. The molecule has 1 aromatic rings. The maximum atomic E-state index is 13.9. The molecule has 1 saturated carbocycles. The molecule has 3 heterocycles. The van der Waals surface area contributed by atoms with Crippen LogP contribution < -0.4 is 11.1 Å². The van der Waals surface area contributed by atoms with Gasteiger partial charge in [-0.1, -0.05) is 6.07 Å². The zero-order chi connectivity index (χ0) is 26.4. The summed E-state index contributed by atoms with van der Waals surface area (Å²) in [6.45, 7) is 2.44. The number of hydrogen-bond donors (Lipinski definition) is 2. The van der Waals surface area contributed by atoms with Crippen LogP contribution in [0.15, 0.2) is 18.2 Å². The van der Waals surface area contributed by atoms with E-state index in [1.165, 1.54) is 6.07 Å². The normalized spacial score (nSPS) is 32.1. The van der Waals surface area contributed by atoms with Crippen LogP contribution in [0.4, 0.5) is 18.0 Å². The van der Waals surface area contributed by atoms with Gasteiger partial charge in [-0.3, -0.25) is 4.79 Å².